The van der Waals surface area contributed by atoms with Crippen molar-refractivity contribution in [1.29, 1.82) is 0 Å². The lowest BCUT2D eigenvalue weighted by Crippen LogP contribution is -2.53. The van der Waals surface area contributed by atoms with Crippen molar-refractivity contribution in [2.24, 2.45) is 23.7 Å². The Morgan fingerprint density at radius 2 is 1.49 bits per heavy atom. The Morgan fingerprint density at radius 3 is 2.23 bits per heavy atom. The lowest BCUT2D eigenvalue weighted by molar-refractivity contribution is -0.127. The first-order valence-corrected chi connectivity index (χ1v) is 19.1. The maximum Gasteiger partial charge on any atom is 0.246 e. The zero-order chi connectivity index (χ0) is 36.6. The maximum atomic E-state index is 15.4. The molecule has 1 saturated carbocycles. The van der Waals surface area contributed by atoms with Gasteiger partial charge in [0.1, 0.15) is 5.75 Å². The highest BCUT2D eigenvalue weighted by molar-refractivity contribution is 9.10. The molecule has 9 rings (SSSR count). The average molecular weight is 793 g/mol. The summed E-state index contributed by atoms with van der Waals surface area (Å²) in [7, 11) is 0. The molecule has 6 atom stereocenters. The fourth-order valence-electron chi connectivity index (χ4n) is 9.73. The summed E-state index contributed by atoms with van der Waals surface area (Å²) < 4.78 is 6.18. The standard InChI is InChI=1S/C42H35BrClN3O6/c43-25-9-16-35(48)33(21-25)37-30-14-15-31-36(40(51)46(38(31)49)28-12-10-27(11-13-28)45-17-19-53-20-18-45)32(30)23-34-39(50)47(29-8-4-7-26(44)22-29)41(52)42(34,37)24-5-2-1-3-6-24/h1-14,16,21-22,31-32,34,36-37,48H,15,17-20,23H2/t31-,32+,34-,36-,37+,42+/m0/s1. The van der Waals surface area contributed by atoms with Gasteiger partial charge in [0, 0.05) is 39.8 Å². The lowest BCUT2D eigenvalue weighted by Gasteiger charge is -2.50. The molecule has 0 radical (unpaired) electrons. The smallest absolute Gasteiger partial charge is 0.246 e. The van der Waals surface area contributed by atoms with Gasteiger partial charge in [-0.3, -0.25) is 24.1 Å². The predicted octanol–water partition coefficient (Wildman–Crippen LogP) is 7.01. The summed E-state index contributed by atoms with van der Waals surface area (Å²) in [5.74, 6) is -5.16. The van der Waals surface area contributed by atoms with Crippen molar-refractivity contribution in [1.82, 2.24) is 0 Å². The minimum Gasteiger partial charge on any atom is -0.508 e. The largest absolute Gasteiger partial charge is 0.508 e. The zero-order valence-electron chi connectivity index (χ0n) is 28.5. The molecule has 3 aliphatic heterocycles. The Bertz CT molecular complexity index is 2210. The number of nitrogens with zero attached hydrogens (tertiary/aromatic N) is 3. The van der Waals surface area contributed by atoms with E-state index in [-0.39, 0.29) is 30.4 Å². The first-order valence-electron chi connectivity index (χ1n) is 17.9. The van der Waals surface area contributed by atoms with E-state index in [0.29, 0.717) is 45.2 Å². The molecule has 4 aromatic rings. The summed E-state index contributed by atoms with van der Waals surface area (Å²) in [6.45, 7) is 2.80. The van der Waals surface area contributed by atoms with Crippen LogP contribution in [-0.2, 0) is 29.3 Å². The average Bonchev–Trinajstić information content (AvgIpc) is 3.57. The molecule has 268 valence electrons. The number of amides is 4. The predicted molar refractivity (Wildman–Crippen MR) is 204 cm³/mol. The van der Waals surface area contributed by atoms with E-state index in [2.05, 4.69) is 20.8 Å². The van der Waals surface area contributed by atoms with Crippen LogP contribution >= 0.6 is 27.5 Å². The van der Waals surface area contributed by atoms with Gasteiger partial charge < -0.3 is 14.7 Å². The normalized spacial score (nSPS) is 28.2. The van der Waals surface area contributed by atoms with Gasteiger partial charge in [0.25, 0.3) is 0 Å². The van der Waals surface area contributed by atoms with Crippen LogP contribution in [0.4, 0.5) is 17.1 Å². The van der Waals surface area contributed by atoms with Gasteiger partial charge in [-0.15, -0.1) is 0 Å². The first kappa shape index (κ1) is 34.0. The van der Waals surface area contributed by atoms with Crippen molar-refractivity contribution >= 4 is 68.2 Å². The van der Waals surface area contributed by atoms with Gasteiger partial charge in [0.05, 0.1) is 47.8 Å². The topological polar surface area (TPSA) is 107 Å². The summed E-state index contributed by atoms with van der Waals surface area (Å²) in [5.41, 5.74) is 2.24. The molecule has 2 aliphatic carbocycles. The molecule has 0 spiro atoms. The Balaban J connectivity index is 1.19. The van der Waals surface area contributed by atoms with Gasteiger partial charge in [0.15, 0.2) is 0 Å². The molecule has 1 N–H and O–H groups in total. The molecule has 3 saturated heterocycles. The van der Waals surface area contributed by atoms with Crippen molar-refractivity contribution < 1.29 is 29.0 Å². The Kier molecular flexibility index (Phi) is 8.32. The number of halogens is 2. The molecule has 4 fully saturated rings. The van der Waals surface area contributed by atoms with Crippen LogP contribution in [0.1, 0.15) is 29.9 Å². The number of carbonyl (C=O) groups excluding carboxylic acids is 4. The Morgan fingerprint density at radius 1 is 0.755 bits per heavy atom. The highest BCUT2D eigenvalue weighted by Gasteiger charge is 2.70. The number of carbonyl (C=O) groups is 4. The van der Waals surface area contributed by atoms with Crippen LogP contribution in [0.5, 0.6) is 5.75 Å². The van der Waals surface area contributed by atoms with Gasteiger partial charge in [-0.1, -0.05) is 75.6 Å². The van der Waals surface area contributed by atoms with Crippen molar-refractivity contribution in [3.8, 4) is 5.75 Å². The first-order chi connectivity index (χ1) is 25.7. The van der Waals surface area contributed by atoms with E-state index in [1.807, 2.05) is 60.7 Å². The van der Waals surface area contributed by atoms with E-state index < -0.39 is 46.8 Å². The molecule has 4 amide bonds. The monoisotopic (exact) mass is 791 g/mol. The van der Waals surface area contributed by atoms with E-state index in [1.165, 1.54) is 9.80 Å². The number of allylic oxidation sites excluding steroid dienone is 2. The zero-order valence-corrected chi connectivity index (χ0v) is 30.9. The third-order valence-corrected chi connectivity index (χ3v) is 12.7. The lowest BCUT2D eigenvalue weighted by atomic mass is 9.49. The molecule has 4 aromatic carbocycles. The number of rotatable bonds is 5. The molecule has 5 aliphatic rings. The van der Waals surface area contributed by atoms with Gasteiger partial charge in [0.2, 0.25) is 23.6 Å². The van der Waals surface area contributed by atoms with Crippen LogP contribution in [0.2, 0.25) is 5.02 Å². The minimum absolute atomic E-state index is 0.0341. The fraction of sp³-hybridized carbons (Fsp3) is 0.286. The second-order valence-electron chi connectivity index (χ2n) is 14.4. The highest BCUT2D eigenvalue weighted by atomic mass is 79.9. The molecule has 9 nitrogen and oxygen atoms in total. The molecule has 53 heavy (non-hydrogen) atoms. The number of ether oxygens (including phenoxy) is 1. The van der Waals surface area contributed by atoms with E-state index >= 15 is 4.79 Å². The SMILES string of the molecule is O=C1[C@H]2[C@H](CC=C3[C@H]2C[C@H]2C(=O)N(c4cccc(Cl)c4)C(=O)[C@@]2(c2ccccc2)[C@H]3c2cc(Br)ccc2O)C(=O)N1c1ccc(N2CCOCC2)cc1. The fourth-order valence-corrected chi connectivity index (χ4v) is 10.3. The highest BCUT2D eigenvalue weighted by Crippen LogP contribution is 2.65. The quantitative estimate of drug-likeness (QED) is 0.171. The van der Waals surface area contributed by atoms with Gasteiger partial charge in [-0.25, -0.2) is 4.90 Å². The summed E-state index contributed by atoms with van der Waals surface area (Å²) in [5, 5.41) is 12.0. The van der Waals surface area contributed by atoms with E-state index in [0.717, 1.165) is 24.4 Å². The summed E-state index contributed by atoms with van der Waals surface area (Å²) in [6.07, 6.45) is 2.44. The molecular weight excluding hydrogens is 758 g/mol. The van der Waals surface area contributed by atoms with Crippen molar-refractivity contribution in [2.75, 3.05) is 41.0 Å². The van der Waals surface area contributed by atoms with Crippen molar-refractivity contribution in [3.63, 3.8) is 0 Å². The number of imide groups is 2. The van der Waals surface area contributed by atoms with Crippen molar-refractivity contribution in [3.05, 3.63) is 129 Å². The number of hydrogen-bond donors (Lipinski definition) is 1. The summed E-state index contributed by atoms with van der Waals surface area (Å²) >= 11 is 10.00. The van der Waals surface area contributed by atoms with Crippen LogP contribution in [0.25, 0.3) is 0 Å². The van der Waals surface area contributed by atoms with Crippen molar-refractivity contribution in [2.45, 2.75) is 24.2 Å². The summed E-state index contributed by atoms with van der Waals surface area (Å²) in [6, 6.07) is 28.5. The number of aromatic hydroxyl groups is 1. The van der Waals surface area contributed by atoms with Gasteiger partial charge in [-0.05, 0) is 85.0 Å². The Hall–Kier alpha value is -4.77. The van der Waals surface area contributed by atoms with E-state index in [4.69, 9.17) is 16.3 Å². The van der Waals surface area contributed by atoms with E-state index in [9.17, 15) is 19.5 Å². The second kappa shape index (κ2) is 13.0. The summed E-state index contributed by atoms with van der Waals surface area (Å²) in [4.78, 5) is 63.9. The Labute approximate surface area is 319 Å². The number of phenolic OH excluding ortho intramolecular Hbond substituents is 1. The third kappa shape index (κ3) is 5.13. The molecule has 0 bridgehead atoms. The molecule has 0 aromatic heterocycles. The van der Waals surface area contributed by atoms with Gasteiger partial charge >= 0.3 is 0 Å². The maximum absolute atomic E-state index is 15.4. The minimum atomic E-state index is -1.48. The number of anilines is 3. The number of fused-ring (bicyclic) bond motifs is 4. The molecular formula is C42H35BrClN3O6. The molecule has 11 heteroatoms. The number of benzene rings is 4. The van der Waals surface area contributed by atoms with Crippen LogP contribution in [0.3, 0.4) is 0 Å². The molecule has 0 unspecified atom stereocenters. The number of hydrogen-bond acceptors (Lipinski definition) is 7. The van der Waals surface area contributed by atoms with Crippen LogP contribution < -0.4 is 14.7 Å². The third-order valence-electron chi connectivity index (χ3n) is 12.0. The van der Waals surface area contributed by atoms with Gasteiger partial charge in [-0.2, -0.15) is 0 Å². The molecule has 3 heterocycles. The number of phenols is 1. The number of morpholine rings is 1. The van der Waals surface area contributed by atoms with E-state index in [1.54, 1.807) is 42.5 Å². The van der Waals surface area contributed by atoms with Crippen LogP contribution in [0, 0.1) is 23.7 Å². The second-order valence-corrected chi connectivity index (χ2v) is 15.8. The van der Waals surface area contributed by atoms with Crippen LogP contribution in [-0.4, -0.2) is 55.0 Å². The van der Waals surface area contributed by atoms with Crippen LogP contribution in [0.15, 0.2) is 113 Å².